The average Bonchev–Trinajstić information content (AvgIpc) is 3.38. The number of ether oxygens (including phenoxy) is 1. The molecule has 3 aromatic carbocycles. The maximum atomic E-state index is 13.8. The number of halogens is 1. The predicted molar refractivity (Wildman–Crippen MR) is 138 cm³/mol. The first-order valence-corrected chi connectivity index (χ1v) is 12.0. The van der Waals surface area contributed by atoms with E-state index in [1.54, 1.807) is 55.6 Å². The van der Waals surface area contributed by atoms with Gasteiger partial charge in [0, 0.05) is 16.4 Å². The molecule has 4 atom stereocenters. The molecule has 3 heterocycles. The van der Waals surface area contributed by atoms with Crippen LogP contribution in [0.4, 0.5) is 17.1 Å². The maximum absolute atomic E-state index is 13.8. The number of anilines is 3. The van der Waals surface area contributed by atoms with Gasteiger partial charge in [-0.2, -0.15) is 0 Å². The summed E-state index contributed by atoms with van der Waals surface area (Å²) in [5, 5.41) is 3.48. The minimum Gasteiger partial charge on any atom is -0.497 e. The molecule has 3 amide bonds. The fraction of sp³-hybridized carbons (Fsp3) is 0.179. The summed E-state index contributed by atoms with van der Waals surface area (Å²) in [4.78, 5) is 44.5. The maximum Gasteiger partial charge on any atom is 0.247 e. The second kappa shape index (κ2) is 8.53. The Kier molecular flexibility index (Phi) is 5.30. The molecule has 3 aromatic rings. The standard InChI is InChI=1S/C28H22ClN3O4/c1-36-20-13-11-19(12-14-20)31-27(34)23-22-15-6-16-4-2-3-5-21(16)32(22)25(24(23)28(31)35)26(33)30-18-9-7-17(29)8-10-18/h2-15,22-25H,1H3,(H,30,33)/t22-,23-,24-,25+/m1/s1. The fourth-order valence-electron chi connectivity index (χ4n) is 5.55. The molecule has 0 saturated carbocycles. The number of fused-ring (bicyclic) bond motifs is 5. The van der Waals surface area contributed by atoms with Crippen molar-refractivity contribution in [3.63, 3.8) is 0 Å². The van der Waals surface area contributed by atoms with Crippen LogP contribution < -0.4 is 19.9 Å². The van der Waals surface area contributed by atoms with Crippen LogP contribution in [0, 0.1) is 11.8 Å². The normalized spacial score (nSPS) is 23.8. The Bertz CT molecular complexity index is 1400. The number of benzene rings is 3. The van der Waals surface area contributed by atoms with Gasteiger partial charge in [-0.1, -0.05) is 42.0 Å². The number of hydrogen-bond acceptors (Lipinski definition) is 5. The van der Waals surface area contributed by atoms with E-state index >= 15 is 0 Å². The van der Waals surface area contributed by atoms with E-state index < -0.39 is 23.9 Å². The molecule has 180 valence electrons. The first-order chi connectivity index (χ1) is 17.5. The number of amides is 3. The molecular weight excluding hydrogens is 478 g/mol. The largest absolute Gasteiger partial charge is 0.497 e. The lowest BCUT2D eigenvalue weighted by atomic mass is 9.88. The summed E-state index contributed by atoms with van der Waals surface area (Å²) < 4.78 is 5.21. The van der Waals surface area contributed by atoms with Gasteiger partial charge in [0.1, 0.15) is 11.8 Å². The number of para-hydroxylation sites is 1. The Balaban J connectivity index is 1.42. The molecule has 0 aromatic heterocycles. The van der Waals surface area contributed by atoms with Crippen LogP contribution in [0.5, 0.6) is 5.75 Å². The van der Waals surface area contributed by atoms with Crippen LogP contribution in [0.25, 0.3) is 6.08 Å². The van der Waals surface area contributed by atoms with Gasteiger partial charge in [-0.05, 0) is 60.2 Å². The zero-order valence-electron chi connectivity index (χ0n) is 19.3. The summed E-state index contributed by atoms with van der Waals surface area (Å²) in [6.45, 7) is 0. The van der Waals surface area contributed by atoms with Crippen molar-refractivity contribution in [1.82, 2.24) is 0 Å². The molecule has 36 heavy (non-hydrogen) atoms. The van der Waals surface area contributed by atoms with Crippen molar-refractivity contribution >= 4 is 52.5 Å². The van der Waals surface area contributed by atoms with Crippen molar-refractivity contribution < 1.29 is 19.1 Å². The third kappa shape index (κ3) is 3.38. The summed E-state index contributed by atoms with van der Waals surface area (Å²) in [7, 11) is 1.55. The number of hydrogen-bond donors (Lipinski definition) is 1. The predicted octanol–water partition coefficient (Wildman–Crippen LogP) is 4.38. The molecule has 0 aliphatic carbocycles. The van der Waals surface area contributed by atoms with Crippen LogP contribution in [0.15, 0.2) is 78.9 Å². The van der Waals surface area contributed by atoms with E-state index in [0.717, 1.165) is 11.3 Å². The van der Waals surface area contributed by atoms with Crippen LogP contribution in [0.3, 0.4) is 0 Å². The minimum absolute atomic E-state index is 0.309. The van der Waals surface area contributed by atoms with Gasteiger partial charge in [0.25, 0.3) is 0 Å². The van der Waals surface area contributed by atoms with Gasteiger partial charge in [0.2, 0.25) is 17.7 Å². The fourth-order valence-corrected chi connectivity index (χ4v) is 5.67. The molecule has 6 rings (SSSR count). The minimum atomic E-state index is -0.874. The molecular formula is C28H22ClN3O4. The van der Waals surface area contributed by atoms with Crippen LogP contribution >= 0.6 is 11.6 Å². The summed E-state index contributed by atoms with van der Waals surface area (Å²) in [5.41, 5.74) is 2.79. The number of nitrogens with zero attached hydrogens (tertiary/aromatic N) is 2. The zero-order valence-corrected chi connectivity index (χ0v) is 20.1. The number of carbonyl (C=O) groups is 3. The van der Waals surface area contributed by atoms with Gasteiger partial charge >= 0.3 is 0 Å². The number of nitrogens with one attached hydrogen (secondary N) is 1. The van der Waals surface area contributed by atoms with E-state index in [1.165, 1.54) is 4.90 Å². The molecule has 0 unspecified atom stereocenters. The molecule has 3 aliphatic rings. The third-order valence-electron chi connectivity index (χ3n) is 7.13. The highest BCUT2D eigenvalue weighted by molar-refractivity contribution is 6.30. The lowest BCUT2D eigenvalue weighted by molar-refractivity contribution is -0.126. The Morgan fingerprint density at radius 3 is 2.33 bits per heavy atom. The summed E-state index contributed by atoms with van der Waals surface area (Å²) in [6, 6.07) is 20.0. The Hall–Kier alpha value is -4.10. The topological polar surface area (TPSA) is 79.0 Å². The van der Waals surface area contributed by atoms with E-state index in [9.17, 15) is 14.4 Å². The molecule has 1 N–H and O–H groups in total. The summed E-state index contributed by atoms with van der Waals surface area (Å²) in [5.74, 6) is -1.95. The SMILES string of the molecule is COc1ccc(N2C(=O)[C@@H]3[C@H](C2=O)[C@H]2C=Cc4ccccc4N2[C@@H]3C(=O)Nc2ccc(Cl)cc2)cc1. The van der Waals surface area contributed by atoms with Gasteiger partial charge in [-0.3, -0.25) is 14.4 Å². The van der Waals surface area contributed by atoms with E-state index in [2.05, 4.69) is 5.32 Å². The van der Waals surface area contributed by atoms with Crippen LogP contribution in [0.2, 0.25) is 5.02 Å². The average molecular weight is 500 g/mol. The molecule has 8 heteroatoms. The molecule has 2 fully saturated rings. The summed E-state index contributed by atoms with van der Waals surface area (Å²) in [6.07, 6.45) is 3.89. The van der Waals surface area contributed by atoms with E-state index in [0.29, 0.717) is 22.1 Å². The van der Waals surface area contributed by atoms with E-state index in [-0.39, 0.29) is 17.7 Å². The number of rotatable bonds is 4. The molecule has 3 aliphatic heterocycles. The molecule has 0 bridgehead atoms. The van der Waals surface area contributed by atoms with Crippen molar-refractivity contribution in [3.8, 4) is 5.75 Å². The monoisotopic (exact) mass is 499 g/mol. The molecule has 7 nitrogen and oxygen atoms in total. The summed E-state index contributed by atoms with van der Waals surface area (Å²) >= 11 is 6.00. The number of carbonyl (C=O) groups excluding carboxylic acids is 3. The number of imide groups is 1. The van der Waals surface area contributed by atoms with Crippen molar-refractivity contribution in [1.29, 1.82) is 0 Å². The van der Waals surface area contributed by atoms with Gasteiger partial charge < -0.3 is 15.0 Å². The molecule has 2 saturated heterocycles. The first kappa shape index (κ1) is 22.4. The lowest BCUT2D eigenvalue weighted by Crippen LogP contribution is -2.50. The smallest absolute Gasteiger partial charge is 0.247 e. The van der Waals surface area contributed by atoms with Gasteiger partial charge in [-0.25, -0.2) is 4.90 Å². The van der Waals surface area contributed by atoms with Gasteiger partial charge in [-0.15, -0.1) is 0 Å². The second-order valence-electron chi connectivity index (χ2n) is 9.02. The van der Waals surface area contributed by atoms with Crippen molar-refractivity contribution in [2.45, 2.75) is 12.1 Å². The van der Waals surface area contributed by atoms with Crippen LogP contribution in [-0.2, 0) is 14.4 Å². The highest BCUT2D eigenvalue weighted by atomic mass is 35.5. The third-order valence-corrected chi connectivity index (χ3v) is 7.38. The van der Waals surface area contributed by atoms with Crippen molar-refractivity contribution in [3.05, 3.63) is 89.5 Å². The van der Waals surface area contributed by atoms with Gasteiger partial charge in [0.05, 0.1) is 30.7 Å². The second-order valence-corrected chi connectivity index (χ2v) is 9.45. The van der Waals surface area contributed by atoms with E-state index in [4.69, 9.17) is 16.3 Å². The Morgan fingerprint density at radius 1 is 0.917 bits per heavy atom. The van der Waals surface area contributed by atoms with E-state index in [1.807, 2.05) is 41.3 Å². The Morgan fingerprint density at radius 2 is 1.61 bits per heavy atom. The quantitative estimate of drug-likeness (QED) is 0.539. The molecule has 0 spiro atoms. The van der Waals surface area contributed by atoms with Crippen molar-refractivity contribution in [2.24, 2.45) is 11.8 Å². The zero-order chi connectivity index (χ0) is 25.0. The highest BCUT2D eigenvalue weighted by Crippen LogP contribution is 2.49. The van der Waals surface area contributed by atoms with Crippen LogP contribution in [0.1, 0.15) is 5.56 Å². The van der Waals surface area contributed by atoms with Crippen LogP contribution in [-0.4, -0.2) is 36.9 Å². The van der Waals surface area contributed by atoms with Crippen molar-refractivity contribution in [2.75, 3.05) is 22.2 Å². The lowest BCUT2D eigenvalue weighted by Gasteiger charge is -2.36. The first-order valence-electron chi connectivity index (χ1n) is 11.6. The number of methoxy groups -OCH3 is 1. The highest BCUT2D eigenvalue weighted by Gasteiger charge is 2.64. The molecule has 0 radical (unpaired) electrons. The van der Waals surface area contributed by atoms with Gasteiger partial charge in [0.15, 0.2) is 0 Å². The Labute approximate surface area is 212 Å².